The fraction of sp³-hybridized carbons (Fsp3) is 0.188. The zero-order valence-electron chi connectivity index (χ0n) is 12.3. The second-order valence-electron chi connectivity index (χ2n) is 4.59. The van der Waals surface area contributed by atoms with Crippen LogP contribution in [0.5, 0.6) is 11.5 Å². The molecule has 0 heterocycles. The van der Waals surface area contributed by atoms with Crippen molar-refractivity contribution in [2.75, 3.05) is 7.11 Å². The van der Waals surface area contributed by atoms with Gasteiger partial charge in [0.05, 0.1) is 13.7 Å². The zero-order valence-corrected chi connectivity index (χ0v) is 12.3. The number of halogens is 3. The summed E-state index contributed by atoms with van der Waals surface area (Å²) < 4.78 is 45.3. The molecule has 2 aromatic rings. The Balaban J connectivity index is 2.09. The molecular weight excluding hydrogens is 309 g/mol. The van der Waals surface area contributed by atoms with Gasteiger partial charge in [0.15, 0.2) is 0 Å². The molecule has 0 atom stereocenters. The van der Waals surface area contributed by atoms with Crippen LogP contribution >= 0.6 is 0 Å². The maximum absolute atomic E-state index is 12.1. The van der Waals surface area contributed by atoms with Gasteiger partial charge in [-0.3, -0.25) is 4.99 Å². The number of amidine groups is 1. The van der Waals surface area contributed by atoms with Crippen LogP contribution in [0, 0.1) is 0 Å². The molecule has 0 saturated heterocycles. The van der Waals surface area contributed by atoms with Crippen molar-refractivity contribution in [3.05, 3.63) is 59.7 Å². The molecule has 7 heteroatoms. The van der Waals surface area contributed by atoms with Crippen LogP contribution in [0.3, 0.4) is 0 Å². The Labute approximate surface area is 131 Å². The van der Waals surface area contributed by atoms with Crippen LogP contribution in [0.25, 0.3) is 0 Å². The van der Waals surface area contributed by atoms with E-state index in [2.05, 4.69) is 9.73 Å². The number of rotatable bonds is 5. The molecule has 0 aliphatic rings. The lowest BCUT2D eigenvalue weighted by Crippen LogP contribution is -2.17. The Bertz CT molecular complexity index is 682. The molecule has 0 saturated carbocycles. The number of hydrogen-bond acceptors (Lipinski definition) is 3. The van der Waals surface area contributed by atoms with Gasteiger partial charge in [-0.25, -0.2) is 0 Å². The Morgan fingerprint density at radius 2 is 1.74 bits per heavy atom. The first-order valence-corrected chi connectivity index (χ1v) is 6.67. The Morgan fingerprint density at radius 1 is 1.09 bits per heavy atom. The summed E-state index contributed by atoms with van der Waals surface area (Å²) in [4.78, 5) is 4.23. The predicted molar refractivity (Wildman–Crippen MR) is 80.5 cm³/mol. The summed E-state index contributed by atoms with van der Waals surface area (Å²) in [5, 5.41) is 0. The number of para-hydroxylation sites is 1. The zero-order chi connectivity index (χ0) is 16.9. The number of nitrogens with two attached hydrogens (primary N) is 1. The highest BCUT2D eigenvalue weighted by molar-refractivity contribution is 5.97. The molecule has 0 aliphatic carbocycles. The molecule has 2 N–H and O–H groups in total. The summed E-state index contributed by atoms with van der Waals surface area (Å²) >= 11 is 0. The van der Waals surface area contributed by atoms with E-state index in [-0.39, 0.29) is 11.6 Å². The first-order chi connectivity index (χ1) is 10.9. The average Bonchev–Trinajstić information content (AvgIpc) is 2.52. The fourth-order valence-electron chi connectivity index (χ4n) is 1.92. The van der Waals surface area contributed by atoms with Gasteiger partial charge in [0.1, 0.15) is 17.3 Å². The maximum Gasteiger partial charge on any atom is 0.573 e. The summed E-state index contributed by atoms with van der Waals surface area (Å²) in [6, 6.07) is 12.6. The summed E-state index contributed by atoms with van der Waals surface area (Å²) in [5.41, 5.74) is 7.22. The highest BCUT2D eigenvalue weighted by Crippen LogP contribution is 2.23. The quantitative estimate of drug-likeness (QED) is 0.676. The van der Waals surface area contributed by atoms with Crippen molar-refractivity contribution in [1.29, 1.82) is 0 Å². The molecule has 0 fully saturated rings. The lowest BCUT2D eigenvalue weighted by molar-refractivity contribution is -0.274. The van der Waals surface area contributed by atoms with Gasteiger partial charge in [-0.15, -0.1) is 13.2 Å². The molecule has 0 amide bonds. The number of hydrogen-bond donors (Lipinski definition) is 1. The molecule has 0 spiro atoms. The Kier molecular flexibility index (Phi) is 5.10. The first kappa shape index (κ1) is 16.7. The third kappa shape index (κ3) is 4.91. The van der Waals surface area contributed by atoms with E-state index in [1.807, 2.05) is 24.3 Å². The Morgan fingerprint density at radius 3 is 2.35 bits per heavy atom. The van der Waals surface area contributed by atoms with Gasteiger partial charge in [-0.05, 0) is 30.3 Å². The van der Waals surface area contributed by atoms with Crippen molar-refractivity contribution in [2.45, 2.75) is 12.9 Å². The van der Waals surface area contributed by atoms with E-state index in [4.69, 9.17) is 10.5 Å². The van der Waals surface area contributed by atoms with Crippen molar-refractivity contribution < 1.29 is 22.6 Å². The van der Waals surface area contributed by atoms with Crippen molar-refractivity contribution in [3.63, 3.8) is 0 Å². The molecule has 2 aromatic carbocycles. The van der Waals surface area contributed by atoms with E-state index in [1.54, 1.807) is 7.11 Å². The topological polar surface area (TPSA) is 56.8 Å². The lowest BCUT2D eigenvalue weighted by atomic mass is 10.2. The predicted octanol–water partition coefficient (Wildman–Crippen LogP) is 3.50. The summed E-state index contributed by atoms with van der Waals surface area (Å²) in [6.45, 7) is 0.302. The van der Waals surface area contributed by atoms with Gasteiger partial charge in [0.2, 0.25) is 0 Å². The third-order valence-electron chi connectivity index (χ3n) is 3.00. The molecule has 4 nitrogen and oxygen atoms in total. The van der Waals surface area contributed by atoms with Gasteiger partial charge in [-0.1, -0.05) is 18.2 Å². The third-order valence-corrected chi connectivity index (χ3v) is 3.00. The van der Waals surface area contributed by atoms with Crippen LogP contribution in [0.4, 0.5) is 13.2 Å². The largest absolute Gasteiger partial charge is 0.573 e. The highest BCUT2D eigenvalue weighted by Gasteiger charge is 2.30. The first-order valence-electron chi connectivity index (χ1n) is 6.67. The minimum absolute atomic E-state index is 0.217. The van der Waals surface area contributed by atoms with Crippen LogP contribution in [-0.4, -0.2) is 19.3 Å². The monoisotopic (exact) mass is 324 g/mol. The number of aliphatic imine (C=N–C) groups is 1. The summed E-state index contributed by atoms with van der Waals surface area (Å²) in [7, 11) is 1.56. The molecule has 0 bridgehead atoms. The van der Waals surface area contributed by atoms with Crippen LogP contribution in [0.1, 0.15) is 11.1 Å². The maximum atomic E-state index is 12.1. The molecule has 122 valence electrons. The van der Waals surface area contributed by atoms with E-state index < -0.39 is 6.36 Å². The second kappa shape index (κ2) is 7.04. The number of methoxy groups -OCH3 is 1. The summed E-state index contributed by atoms with van der Waals surface area (Å²) in [6.07, 6.45) is -4.72. The number of alkyl halides is 3. The average molecular weight is 324 g/mol. The molecule has 0 aromatic heterocycles. The molecular formula is C16H15F3N2O2. The van der Waals surface area contributed by atoms with Crippen molar-refractivity contribution >= 4 is 5.84 Å². The standard InChI is InChI=1S/C16H15F3N2O2/c1-22-14-5-3-2-4-12(14)10-21-15(20)11-6-8-13(9-7-11)23-16(17,18)19/h2-9H,10H2,1H3,(H2,20,21). The normalized spacial score (nSPS) is 12.1. The number of ether oxygens (including phenoxy) is 2. The Hall–Kier alpha value is -2.70. The number of nitrogens with zero attached hydrogens (tertiary/aromatic N) is 1. The van der Waals surface area contributed by atoms with Crippen LogP contribution in [0.15, 0.2) is 53.5 Å². The smallest absolute Gasteiger partial charge is 0.496 e. The number of benzene rings is 2. The van der Waals surface area contributed by atoms with Crippen molar-refractivity contribution in [1.82, 2.24) is 0 Å². The van der Waals surface area contributed by atoms with Crippen LogP contribution in [-0.2, 0) is 6.54 Å². The molecule has 23 heavy (non-hydrogen) atoms. The van der Waals surface area contributed by atoms with E-state index in [1.165, 1.54) is 24.3 Å². The highest BCUT2D eigenvalue weighted by atomic mass is 19.4. The minimum Gasteiger partial charge on any atom is -0.496 e. The lowest BCUT2D eigenvalue weighted by Gasteiger charge is -2.09. The van der Waals surface area contributed by atoms with E-state index in [0.717, 1.165) is 5.56 Å². The SMILES string of the molecule is COc1ccccc1CN=C(N)c1ccc(OC(F)(F)F)cc1. The molecule has 2 rings (SSSR count). The second-order valence-corrected chi connectivity index (χ2v) is 4.59. The van der Waals surface area contributed by atoms with Crippen molar-refractivity contribution in [2.24, 2.45) is 10.7 Å². The van der Waals surface area contributed by atoms with E-state index in [9.17, 15) is 13.2 Å². The molecule has 0 radical (unpaired) electrons. The van der Waals surface area contributed by atoms with Crippen LogP contribution in [0.2, 0.25) is 0 Å². The summed E-state index contributed by atoms with van der Waals surface area (Å²) in [5.74, 6) is 0.603. The van der Waals surface area contributed by atoms with E-state index >= 15 is 0 Å². The van der Waals surface area contributed by atoms with Gasteiger partial charge >= 0.3 is 6.36 Å². The molecule has 0 unspecified atom stereocenters. The van der Waals surface area contributed by atoms with Gasteiger partial charge in [0.25, 0.3) is 0 Å². The molecule has 0 aliphatic heterocycles. The van der Waals surface area contributed by atoms with Crippen LogP contribution < -0.4 is 15.2 Å². The minimum atomic E-state index is -4.72. The fourth-order valence-corrected chi connectivity index (χ4v) is 1.92. The van der Waals surface area contributed by atoms with Crippen molar-refractivity contribution in [3.8, 4) is 11.5 Å². The van der Waals surface area contributed by atoms with Gasteiger partial charge in [0, 0.05) is 11.1 Å². The van der Waals surface area contributed by atoms with Gasteiger partial charge < -0.3 is 15.2 Å². The van der Waals surface area contributed by atoms with E-state index in [0.29, 0.717) is 17.9 Å². The van der Waals surface area contributed by atoms with Gasteiger partial charge in [-0.2, -0.15) is 0 Å².